The topological polar surface area (TPSA) is 63.5 Å². The fourth-order valence-corrected chi connectivity index (χ4v) is 2.26. The molecule has 7 heteroatoms. The SMILES string of the molecule is C#CCOc1ccc(CCNC(=NCc2ccnn2C)NCC)cc1.I. The predicted molar refractivity (Wildman–Crippen MR) is 116 cm³/mol. The number of guanidine groups is 1. The van der Waals surface area contributed by atoms with E-state index >= 15 is 0 Å². The van der Waals surface area contributed by atoms with Crippen LogP contribution in [0.3, 0.4) is 0 Å². The van der Waals surface area contributed by atoms with Gasteiger partial charge in [-0.15, -0.1) is 30.4 Å². The molecule has 0 aliphatic rings. The molecule has 0 amide bonds. The average molecular weight is 467 g/mol. The molecule has 2 rings (SSSR count). The lowest BCUT2D eigenvalue weighted by Crippen LogP contribution is -2.38. The van der Waals surface area contributed by atoms with Gasteiger partial charge in [0.05, 0.1) is 12.2 Å². The Morgan fingerprint density at radius 1 is 1.27 bits per heavy atom. The van der Waals surface area contributed by atoms with Crippen LogP contribution in [0.25, 0.3) is 0 Å². The van der Waals surface area contributed by atoms with E-state index < -0.39 is 0 Å². The van der Waals surface area contributed by atoms with Crippen molar-refractivity contribution in [2.24, 2.45) is 12.0 Å². The van der Waals surface area contributed by atoms with E-state index in [0.29, 0.717) is 13.2 Å². The van der Waals surface area contributed by atoms with E-state index in [4.69, 9.17) is 11.2 Å². The van der Waals surface area contributed by atoms with Gasteiger partial charge >= 0.3 is 0 Å². The quantitative estimate of drug-likeness (QED) is 0.271. The maximum absolute atomic E-state index is 5.37. The zero-order valence-electron chi connectivity index (χ0n) is 15.2. The van der Waals surface area contributed by atoms with Crippen LogP contribution in [0.5, 0.6) is 5.75 Å². The lowest BCUT2D eigenvalue weighted by atomic mass is 10.1. The number of nitrogens with one attached hydrogen (secondary N) is 2. The summed E-state index contributed by atoms with van der Waals surface area (Å²) in [6.07, 6.45) is 7.86. The number of ether oxygens (including phenoxy) is 1. The van der Waals surface area contributed by atoms with E-state index in [0.717, 1.165) is 36.9 Å². The molecular formula is C19H26IN5O. The van der Waals surface area contributed by atoms with Crippen molar-refractivity contribution < 1.29 is 4.74 Å². The second-order valence-electron chi connectivity index (χ2n) is 5.45. The smallest absolute Gasteiger partial charge is 0.191 e. The van der Waals surface area contributed by atoms with Crippen molar-refractivity contribution in [3.63, 3.8) is 0 Å². The lowest BCUT2D eigenvalue weighted by Gasteiger charge is -2.11. The summed E-state index contributed by atoms with van der Waals surface area (Å²) >= 11 is 0. The molecule has 0 bridgehead atoms. The summed E-state index contributed by atoms with van der Waals surface area (Å²) in [6, 6.07) is 9.94. The Balaban J connectivity index is 0.00000338. The minimum atomic E-state index is 0. The van der Waals surface area contributed by atoms with E-state index in [1.54, 1.807) is 6.20 Å². The number of aromatic nitrogens is 2. The molecule has 0 aliphatic carbocycles. The molecule has 0 saturated heterocycles. The largest absolute Gasteiger partial charge is 0.481 e. The molecule has 140 valence electrons. The van der Waals surface area contributed by atoms with Crippen LogP contribution >= 0.6 is 24.0 Å². The summed E-state index contributed by atoms with van der Waals surface area (Å²) in [5.41, 5.74) is 2.29. The molecule has 0 spiro atoms. The number of benzene rings is 1. The first kappa shape index (κ1) is 21.8. The highest BCUT2D eigenvalue weighted by atomic mass is 127. The number of aliphatic imine (C=N–C) groups is 1. The summed E-state index contributed by atoms with van der Waals surface area (Å²) < 4.78 is 7.20. The molecule has 0 radical (unpaired) electrons. The van der Waals surface area contributed by atoms with Crippen LogP contribution in [-0.4, -0.2) is 35.4 Å². The van der Waals surface area contributed by atoms with Crippen molar-refractivity contribution in [1.82, 2.24) is 20.4 Å². The molecule has 6 nitrogen and oxygen atoms in total. The third-order valence-corrected chi connectivity index (χ3v) is 3.62. The molecule has 0 unspecified atom stereocenters. The van der Waals surface area contributed by atoms with Gasteiger partial charge in [-0.2, -0.15) is 5.10 Å². The van der Waals surface area contributed by atoms with Crippen LogP contribution in [0.1, 0.15) is 18.2 Å². The Labute approximate surface area is 172 Å². The van der Waals surface area contributed by atoms with Gasteiger partial charge in [-0.1, -0.05) is 18.1 Å². The maximum Gasteiger partial charge on any atom is 0.191 e. The molecule has 2 aromatic rings. The Morgan fingerprint density at radius 2 is 2.04 bits per heavy atom. The molecule has 26 heavy (non-hydrogen) atoms. The van der Waals surface area contributed by atoms with Crippen molar-refractivity contribution in [3.8, 4) is 18.1 Å². The van der Waals surface area contributed by atoms with Crippen LogP contribution in [-0.2, 0) is 20.0 Å². The molecule has 1 aromatic carbocycles. The summed E-state index contributed by atoms with van der Waals surface area (Å²) in [6.45, 7) is 4.55. The summed E-state index contributed by atoms with van der Waals surface area (Å²) in [5.74, 6) is 4.05. The molecule has 0 aliphatic heterocycles. The number of rotatable bonds is 8. The second kappa shape index (κ2) is 12.2. The number of hydrogen-bond acceptors (Lipinski definition) is 3. The van der Waals surface area contributed by atoms with Crippen LogP contribution in [0, 0.1) is 12.3 Å². The van der Waals surface area contributed by atoms with E-state index in [9.17, 15) is 0 Å². The fraction of sp³-hybridized carbons (Fsp3) is 0.368. The number of hydrogen-bond donors (Lipinski definition) is 2. The number of halogens is 1. The first-order valence-corrected chi connectivity index (χ1v) is 8.37. The summed E-state index contributed by atoms with van der Waals surface area (Å²) in [7, 11) is 1.92. The van der Waals surface area contributed by atoms with Gasteiger partial charge in [-0.25, -0.2) is 4.99 Å². The van der Waals surface area contributed by atoms with E-state index in [2.05, 4.69) is 33.6 Å². The van der Waals surface area contributed by atoms with Crippen LogP contribution in [0.2, 0.25) is 0 Å². The van der Waals surface area contributed by atoms with Gasteiger partial charge in [0, 0.05) is 26.3 Å². The molecule has 1 aromatic heterocycles. The number of nitrogens with zero attached hydrogens (tertiary/aromatic N) is 3. The molecule has 0 atom stereocenters. The van der Waals surface area contributed by atoms with Gasteiger partial charge in [0.2, 0.25) is 0 Å². The third kappa shape index (κ3) is 7.35. The molecule has 0 saturated carbocycles. The first-order chi connectivity index (χ1) is 12.2. The Kier molecular flexibility index (Phi) is 10.2. The minimum absolute atomic E-state index is 0. The highest BCUT2D eigenvalue weighted by Crippen LogP contribution is 2.12. The third-order valence-electron chi connectivity index (χ3n) is 3.62. The Bertz CT molecular complexity index is 718. The van der Waals surface area contributed by atoms with Crippen molar-refractivity contribution >= 4 is 29.9 Å². The van der Waals surface area contributed by atoms with Gasteiger partial charge in [0.25, 0.3) is 0 Å². The lowest BCUT2D eigenvalue weighted by molar-refractivity contribution is 0.370. The van der Waals surface area contributed by atoms with Gasteiger partial charge in [0.15, 0.2) is 5.96 Å². The Morgan fingerprint density at radius 3 is 2.65 bits per heavy atom. The van der Waals surface area contributed by atoms with Crippen molar-refractivity contribution in [1.29, 1.82) is 0 Å². The first-order valence-electron chi connectivity index (χ1n) is 8.37. The van der Waals surface area contributed by atoms with E-state index in [1.165, 1.54) is 5.56 Å². The van der Waals surface area contributed by atoms with Crippen molar-refractivity contribution in [3.05, 3.63) is 47.8 Å². The van der Waals surface area contributed by atoms with E-state index in [1.807, 2.05) is 42.1 Å². The molecule has 1 heterocycles. The van der Waals surface area contributed by atoms with Crippen molar-refractivity contribution in [2.45, 2.75) is 19.9 Å². The standard InChI is InChI=1S/C19H25N5O.HI/c1-4-14-25-18-8-6-16(7-9-18)10-12-21-19(20-5-2)22-15-17-11-13-23-24(17)3;/h1,6-9,11,13H,5,10,12,14-15H2,2-3H3,(H2,20,21,22);1H. The van der Waals surface area contributed by atoms with Crippen LogP contribution < -0.4 is 15.4 Å². The summed E-state index contributed by atoms with van der Waals surface area (Å²) in [5, 5.41) is 10.8. The number of terminal acetylenes is 1. The zero-order chi connectivity index (χ0) is 17.9. The predicted octanol–water partition coefficient (Wildman–Crippen LogP) is 2.35. The minimum Gasteiger partial charge on any atom is -0.481 e. The highest BCUT2D eigenvalue weighted by molar-refractivity contribution is 14.0. The van der Waals surface area contributed by atoms with Gasteiger partial charge in [-0.3, -0.25) is 4.68 Å². The molecular weight excluding hydrogens is 441 g/mol. The Hall–Kier alpha value is -2.21. The zero-order valence-corrected chi connectivity index (χ0v) is 17.6. The maximum atomic E-state index is 5.37. The monoisotopic (exact) mass is 467 g/mol. The fourth-order valence-electron chi connectivity index (χ4n) is 2.26. The van der Waals surface area contributed by atoms with Gasteiger partial charge in [0.1, 0.15) is 12.4 Å². The van der Waals surface area contributed by atoms with Crippen molar-refractivity contribution in [2.75, 3.05) is 19.7 Å². The van der Waals surface area contributed by atoms with Crippen LogP contribution in [0.15, 0.2) is 41.5 Å². The van der Waals surface area contributed by atoms with Gasteiger partial charge in [-0.05, 0) is 37.1 Å². The second-order valence-corrected chi connectivity index (χ2v) is 5.45. The van der Waals surface area contributed by atoms with E-state index in [-0.39, 0.29) is 24.0 Å². The normalized spacial score (nSPS) is 10.6. The molecule has 0 fully saturated rings. The molecule has 2 N–H and O–H groups in total. The van der Waals surface area contributed by atoms with Gasteiger partial charge < -0.3 is 15.4 Å². The average Bonchev–Trinajstić information content (AvgIpc) is 3.04. The number of aryl methyl sites for hydroxylation is 1. The van der Waals surface area contributed by atoms with Crippen LogP contribution in [0.4, 0.5) is 0 Å². The highest BCUT2D eigenvalue weighted by Gasteiger charge is 2.01. The summed E-state index contributed by atoms with van der Waals surface area (Å²) in [4.78, 5) is 4.59.